The van der Waals surface area contributed by atoms with Crippen LogP contribution in [0.2, 0.25) is 5.02 Å². The van der Waals surface area contributed by atoms with E-state index in [2.05, 4.69) is 10.3 Å². The van der Waals surface area contributed by atoms with Crippen molar-refractivity contribution in [1.29, 1.82) is 0 Å². The van der Waals surface area contributed by atoms with Gasteiger partial charge in [0.15, 0.2) is 0 Å². The highest BCUT2D eigenvalue weighted by Gasteiger charge is 2.17. The Morgan fingerprint density at radius 2 is 1.80 bits per heavy atom. The van der Waals surface area contributed by atoms with E-state index in [4.69, 9.17) is 11.6 Å². The molecule has 0 atom stereocenters. The quantitative estimate of drug-likeness (QED) is 0.706. The van der Waals surface area contributed by atoms with Crippen molar-refractivity contribution in [1.82, 2.24) is 4.98 Å². The average molecular weight is 356 g/mol. The Hall–Kier alpha value is -2.92. The molecule has 3 rings (SSSR count). The van der Waals surface area contributed by atoms with E-state index >= 15 is 0 Å². The van der Waals surface area contributed by atoms with Crippen molar-refractivity contribution < 1.29 is 9.18 Å². The summed E-state index contributed by atoms with van der Waals surface area (Å²) < 4.78 is 13.2. The predicted molar refractivity (Wildman–Crippen MR) is 97.3 cm³/mol. The molecule has 0 unspecified atom stereocenters. The molecular formula is C19H15ClFN3O. The first-order valence-corrected chi connectivity index (χ1v) is 7.98. The SMILES string of the molecule is O=C(Nc1ccc(Cl)cc1)N(Cc1cccnc1)c1ccc(F)cc1. The third-order valence-corrected chi connectivity index (χ3v) is 3.79. The molecule has 1 N–H and O–H groups in total. The number of nitrogens with zero attached hydrogens (tertiary/aromatic N) is 2. The van der Waals surface area contributed by atoms with E-state index in [1.54, 1.807) is 54.9 Å². The zero-order valence-corrected chi connectivity index (χ0v) is 13.9. The lowest BCUT2D eigenvalue weighted by Crippen LogP contribution is -2.34. The summed E-state index contributed by atoms with van der Waals surface area (Å²) in [7, 11) is 0. The third-order valence-electron chi connectivity index (χ3n) is 3.54. The molecule has 3 aromatic rings. The second-order valence-corrected chi connectivity index (χ2v) is 5.80. The van der Waals surface area contributed by atoms with Gasteiger partial charge < -0.3 is 5.32 Å². The maximum absolute atomic E-state index is 13.2. The van der Waals surface area contributed by atoms with E-state index in [1.807, 2.05) is 6.07 Å². The van der Waals surface area contributed by atoms with E-state index in [0.717, 1.165) is 5.56 Å². The molecule has 0 aliphatic heterocycles. The van der Waals surface area contributed by atoms with Gasteiger partial charge in [-0.3, -0.25) is 9.88 Å². The van der Waals surface area contributed by atoms with Crippen LogP contribution in [-0.2, 0) is 6.54 Å². The van der Waals surface area contributed by atoms with Crippen LogP contribution in [0, 0.1) is 5.82 Å². The molecule has 0 saturated heterocycles. The maximum Gasteiger partial charge on any atom is 0.326 e. The van der Waals surface area contributed by atoms with Crippen molar-refractivity contribution in [3.05, 3.63) is 89.5 Å². The minimum absolute atomic E-state index is 0.304. The Bertz CT molecular complexity index is 839. The van der Waals surface area contributed by atoms with E-state index in [-0.39, 0.29) is 11.8 Å². The molecule has 4 nitrogen and oxygen atoms in total. The molecule has 1 aromatic heterocycles. The highest BCUT2D eigenvalue weighted by atomic mass is 35.5. The van der Waals surface area contributed by atoms with Crippen molar-refractivity contribution >= 4 is 29.0 Å². The Morgan fingerprint density at radius 1 is 1.08 bits per heavy atom. The van der Waals surface area contributed by atoms with Gasteiger partial charge in [-0.05, 0) is 60.2 Å². The summed E-state index contributed by atoms with van der Waals surface area (Å²) in [5.74, 6) is -0.358. The van der Waals surface area contributed by atoms with Crippen molar-refractivity contribution in [3.8, 4) is 0 Å². The summed E-state index contributed by atoms with van der Waals surface area (Å²) in [5, 5.41) is 3.40. The summed E-state index contributed by atoms with van der Waals surface area (Å²) >= 11 is 5.86. The summed E-state index contributed by atoms with van der Waals surface area (Å²) in [5.41, 5.74) is 2.06. The number of halogens is 2. The van der Waals surface area contributed by atoms with Gasteiger partial charge >= 0.3 is 6.03 Å². The number of amides is 2. The summed E-state index contributed by atoms with van der Waals surface area (Å²) in [6.45, 7) is 0.304. The number of anilines is 2. The highest BCUT2D eigenvalue weighted by Crippen LogP contribution is 2.20. The van der Waals surface area contributed by atoms with Crippen LogP contribution < -0.4 is 10.2 Å². The van der Waals surface area contributed by atoms with E-state index in [0.29, 0.717) is 22.9 Å². The molecule has 6 heteroatoms. The number of rotatable bonds is 4. The van der Waals surface area contributed by atoms with Crippen LogP contribution in [0.4, 0.5) is 20.6 Å². The summed E-state index contributed by atoms with van der Waals surface area (Å²) in [6, 6.07) is 15.9. The Kier molecular flexibility index (Phi) is 5.26. The van der Waals surface area contributed by atoms with Crippen LogP contribution >= 0.6 is 11.6 Å². The third kappa shape index (κ3) is 4.55. The zero-order chi connectivity index (χ0) is 17.6. The lowest BCUT2D eigenvalue weighted by atomic mass is 10.2. The van der Waals surface area contributed by atoms with Gasteiger partial charge in [0.2, 0.25) is 0 Å². The topological polar surface area (TPSA) is 45.2 Å². The molecule has 0 aliphatic carbocycles. The molecule has 2 aromatic carbocycles. The molecule has 2 amide bonds. The summed E-state index contributed by atoms with van der Waals surface area (Å²) in [6.07, 6.45) is 3.35. The van der Waals surface area contributed by atoms with Crippen molar-refractivity contribution in [2.24, 2.45) is 0 Å². The molecule has 0 radical (unpaired) electrons. The van der Waals surface area contributed by atoms with E-state index in [9.17, 15) is 9.18 Å². The Labute approximate surface area is 149 Å². The first kappa shape index (κ1) is 16.9. The first-order valence-electron chi connectivity index (χ1n) is 7.60. The molecule has 0 bridgehead atoms. The lowest BCUT2D eigenvalue weighted by molar-refractivity contribution is 0.256. The maximum atomic E-state index is 13.2. The van der Waals surface area contributed by atoms with Crippen LogP contribution in [0.25, 0.3) is 0 Å². The zero-order valence-electron chi connectivity index (χ0n) is 13.2. The van der Waals surface area contributed by atoms with E-state index in [1.165, 1.54) is 17.0 Å². The number of hydrogen-bond donors (Lipinski definition) is 1. The number of carbonyl (C=O) groups excluding carboxylic acids is 1. The molecule has 0 spiro atoms. The highest BCUT2D eigenvalue weighted by molar-refractivity contribution is 6.30. The van der Waals surface area contributed by atoms with Crippen LogP contribution in [0.3, 0.4) is 0 Å². The molecular weight excluding hydrogens is 341 g/mol. The van der Waals surface area contributed by atoms with Gasteiger partial charge in [-0.2, -0.15) is 0 Å². The van der Waals surface area contributed by atoms with Crippen LogP contribution in [0.15, 0.2) is 73.1 Å². The molecule has 0 fully saturated rings. The van der Waals surface area contributed by atoms with E-state index < -0.39 is 0 Å². The second-order valence-electron chi connectivity index (χ2n) is 5.36. The molecule has 1 heterocycles. The number of carbonyl (C=O) groups is 1. The normalized spacial score (nSPS) is 10.3. The molecule has 25 heavy (non-hydrogen) atoms. The standard InChI is InChI=1S/C19H15ClFN3O/c20-15-3-7-17(8-4-15)23-19(25)24(13-14-2-1-11-22-12-14)18-9-5-16(21)6-10-18/h1-12H,13H2,(H,23,25). The number of nitrogens with one attached hydrogen (secondary N) is 1. The molecule has 0 saturated carbocycles. The van der Waals surface area contributed by atoms with Crippen molar-refractivity contribution in [2.75, 3.05) is 10.2 Å². The van der Waals surface area contributed by atoms with Crippen molar-refractivity contribution in [2.45, 2.75) is 6.54 Å². The van der Waals surface area contributed by atoms with Gasteiger partial charge in [-0.25, -0.2) is 9.18 Å². The van der Waals surface area contributed by atoms with Crippen LogP contribution in [-0.4, -0.2) is 11.0 Å². The fourth-order valence-corrected chi connectivity index (χ4v) is 2.43. The van der Waals surface area contributed by atoms with Crippen molar-refractivity contribution in [3.63, 3.8) is 0 Å². The minimum atomic E-state index is -0.358. The Balaban J connectivity index is 1.85. The van der Waals surface area contributed by atoms with Gasteiger partial charge in [0, 0.05) is 28.8 Å². The second kappa shape index (κ2) is 7.77. The summed E-state index contributed by atoms with van der Waals surface area (Å²) in [4.78, 5) is 18.3. The number of aromatic nitrogens is 1. The predicted octanol–water partition coefficient (Wildman–Crippen LogP) is 5.11. The number of pyridine rings is 1. The number of hydrogen-bond acceptors (Lipinski definition) is 2. The van der Waals surface area contributed by atoms with Crippen LogP contribution in [0.1, 0.15) is 5.56 Å². The van der Waals surface area contributed by atoms with Gasteiger partial charge in [0.05, 0.1) is 6.54 Å². The average Bonchev–Trinajstić information content (AvgIpc) is 2.63. The van der Waals surface area contributed by atoms with Gasteiger partial charge in [0.25, 0.3) is 0 Å². The monoisotopic (exact) mass is 355 g/mol. The molecule has 0 aliphatic rings. The smallest absolute Gasteiger partial charge is 0.308 e. The number of urea groups is 1. The van der Waals surface area contributed by atoms with Crippen LogP contribution in [0.5, 0.6) is 0 Å². The molecule has 126 valence electrons. The fourth-order valence-electron chi connectivity index (χ4n) is 2.30. The largest absolute Gasteiger partial charge is 0.326 e. The number of benzene rings is 2. The lowest BCUT2D eigenvalue weighted by Gasteiger charge is -2.23. The minimum Gasteiger partial charge on any atom is -0.308 e. The van der Waals surface area contributed by atoms with Gasteiger partial charge in [-0.15, -0.1) is 0 Å². The van der Waals surface area contributed by atoms with Gasteiger partial charge in [-0.1, -0.05) is 17.7 Å². The fraction of sp³-hybridized carbons (Fsp3) is 0.0526. The van der Waals surface area contributed by atoms with Gasteiger partial charge in [0.1, 0.15) is 5.82 Å². The first-order chi connectivity index (χ1) is 12.1. The Morgan fingerprint density at radius 3 is 2.44 bits per heavy atom.